The van der Waals surface area contributed by atoms with Gasteiger partial charge in [0.25, 0.3) is 0 Å². The number of aromatic nitrogens is 2. The summed E-state index contributed by atoms with van der Waals surface area (Å²) in [6.45, 7) is 11.3. The van der Waals surface area contributed by atoms with E-state index in [4.69, 9.17) is 0 Å². The Morgan fingerprint density at radius 2 is 0.950 bits per heavy atom. The van der Waals surface area contributed by atoms with E-state index in [-0.39, 0.29) is 21.9 Å². The Morgan fingerprint density at radius 3 is 1.32 bits per heavy atom. The molecular formula is C34H54N4O2. The molecule has 0 saturated carbocycles. The van der Waals surface area contributed by atoms with E-state index in [0.29, 0.717) is 12.1 Å². The fraction of sp³-hybridized carbons (Fsp3) is 0.706. The lowest BCUT2D eigenvalue weighted by molar-refractivity contribution is 0.253. The molecule has 0 saturated heterocycles. The maximum absolute atomic E-state index is 11.8. The minimum Gasteiger partial charge on any atom is -0.326 e. The van der Waals surface area contributed by atoms with Gasteiger partial charge in [-0.2, -0.15) is 0 Å². The van der Waals surface area contributed by atoms with Gasteiger partial charge in [-0.3, -0.25) is 9.59 Å². The normalized spacial score (nSPS) is 21.1. The molecule has 0 aromatic carbocycles. The zero-order valence-corrected chi connectivity index (χ0v) is 25.6. The van der Waals surface area contributed by atoms with Crippen LogP contribution in [0.5, 0.6) is 0 Å². The molecule has 4 N–H and O–H groups in total. The van der Waals surface area contributed by atoms with Gasteiger partial charge in [-0.15, -0.1) is 0 Å². The average Bonchev–Trinajstić information content (AvgIpc) is 2.86. The highest BCUT2D eigenvalue weighted by molar-refractivity contribution is 5.29. The maximum Gasteiger partial charge on any atom is 0.248 e. The van der Waals surface area contributed by atoms with Gasteiger partial charge in [0.05, 0.1) is 0 Å². The number of hydrogen-bond donors (Lipinski definition) is 4. The third-order valence-electron chi connectivity index (χ3n) is 9.03. The number of fused-ring (bicyclic) bond motifs is 2. The van der Waals surface area contributed by atoms with Crippen LogP contribution in [-0.2, 0) is 12.8 Å². The first-order chi connectivity index (χ1) is 19.1. The Labute approximate surface area is 241 Å². The molecule has 2 aliphatic rings. The van der Waals surface area contributed by atoms with Gasteiger partial charge in [0.2, 0.25) is 11.1 Å². The zero-order chi connectivity index (χ0) is 28.6. The van der Waals surface area contributed by atoms with Gasteiger partial charge in [0.1, 0.15) is 0 Å². The Morgan fingerprint density at radius 1 is 0.600 bits per heavy atom. The van der Waals surface area contributed by atoms with Crippen molar-refractivity contribution in [2.24, 2.45) is 10.8 Å². The summed E-state index contributed by atoms with van der Waals surface area (Å²) in [5.74, 6) is 0. The summed E-state index contributed by atoms with van der Waals surface area (Å²) in [6, 6.07) is 8.09. The number of H-pyrrole nitrogens is 2. The highest BCUT2D eigenvalue weighted by Crippen LogP contribution is 2.40. The molecule has 2 aliphatic carbocycles. The first kappa shape index (κ1) is 30.8. The zero-order valence-electron chi connectivity index (χ0n) is 25.6. The number of unbranched alkanes of at least 4 members (excludes halogenated alkanes) is 9. The number of aromatic amines is 2. The molecule has 2 atom stereocenters. The molecule has 0 fully saturated rings. The van der Waals surface area contributed by atoms with Crippen LogP contribution < -0.4 is 21.8 Å². The summed E-state index contributed by atoms with van der Waals surface area (Å²) in [5, 5.41) is 7.56. The second-order valence-electron chi connectivity index (χ2n) is 14.2. The van der Waals surface area contributed by atoms with Crippen molar-refractivity contribution in [2.45, 2.75) is 130 Å². The largest absolute Gasteiger partial charge is 0.326 e. The van der Waals surface area contributed by atoms with Crippen molar-refractivity contribution in [3.8, 4) is 0 Å². The van der Waals surface area contributed by atoms with Crippen LogP contribution in [0, 0.1) is 10.8 Å². The minimum atomic E-state index is 0.0120. The van der Waals surface area contributed by atoms with E-state index in [1.807, 2.05) is 12.1 Å². The predicted molar refractivity (Wildman–Crippen MR) is 166 cm³/mol. The molecule has 0 aliphatic heterocycles. The standard InChI is InChI=1S/C34H54N4O2/c1-33(2)21-27(25-15-17-31(39)37-29(25)23-33)35-19-13-11-9-7-5-6-8-10-12-14-20-36-28-22-34(3,4)24-30-26(28)16-18-32(40)38-30/h15-18,27-28,35-36H,5-14,19-24H2,1-4H3,(H,37,39)(H,38,40)/t27-,28-/m1/s1. The molecule has 2 heterocycles. The van der Waals surface area contributed by atoms with Crippen molar-refractivity contribution >= 4 is 0 Å². The van der Waals surface area contributed by atoms with Crippen LogP contribution in [0.3, 0.4) is 0 Å². The maximum atomic E-state index is 11.8. The van der Waals surface area contributed by atoms with Crippen molar-refractivity contribution in [1.82, 2.24) is 20.6 Å². The summed E-state index contributed by atoms with van der Waals surface area (Å²) < 4.78 is 0. The lowest BCUT2D eigenvalue weighted by atomic mass is 9.74. The van der Waals surface area contributed by atoms with Gasteiger partial charge in [0.15, 0.2) is 0 Å². The number of rotatable bonds is 15. The lowest BCUT2D eigenvalue weighted by Crippen LogP contribution is -2.35. The van der Waals surface area contributed by atoms with Crippen molar-refractivity contribution in [3.05, 3.63) is 67.5 Å². The quantitative estimate of drug-likeness (QED) is 0.182. The van der Waals surface area contributed by atoms with Crippen LogP contribution in [0.1, 0.15) is 139 Å². The first-order valence-electron chi connectivity index (χ1n) is 16.0. The number of nitrogens with one attached hydrogen (secondary N) is 4. The van der Waals surface area contributed by atoms with E-state index in [9.17, 15) is 9.59 Å². The lowest BCUT2D eigenvalue weighted by Gasteiger charge is -2.37. The molecule has 0 bridgehead atoms. The van der Waals surface area contributed by atoms with E-state index in [1.165, 1.54) is 75.3 Å². The second-order valence-corrected chi connectivity index (χ2v) is 14.2. The topological polar surface area (TPSA) is 89.8 Å². The summed E-state index contributed by atoms with van der Waals surface area (Å²) >= 11 is 0. The Kier molecular flexibility index (Phi) is 10.9. The average molecular weight is 551 g/mol. The van der Waals surface area contributed by atoms with Crippen LogP contribution in [0.25, 0.3) is 0 Å². The molecule has 0 amide bonds. The molecule has 0 spiro atoms. The third-order valence-corrected chi connectivity index (χ3v) is 9.03. The SMILES string of the molecule is CC1(C)Cc2[nH]c(=O)ccc2[C@H](NCCCCCCCCCCCCN[C@@H]2CC(C)(C)Cc3[nH]c(=O)ccc32)C1. The molecule has 2 aromatic rings. The molecule has 6 heteroatoms. The summed E-state index contributed by atoms with van der Waals surface area (Å²) in [5.41, 5.74) is 5.27. The van der Waals surface area contributed by atoms with E-state index in [0.717, 1.165) is 50.2 Å². The first-order valence-corrected chi connectivity index (χ1v) is 16.0. The van der Waals surface area contributed by atoms with E-state index in [1.54, 1.807) is 12.1 Å². The van der Waals surface area contributed by atoms with Crippen LogP contribution in [-0.4, -0.2) is 23.1 Å². The Bertz CT molecular complexity index is 1100. The van der Waals surface area contributed by atoms with Crippen molar-refractivity contribution in [3.63, 3.8) is 0 Å². The highest BCUT2D eigenvalue weighted by atomic mass is 16.1. The molecule has 6 nitrogen and oxygen atoms in total. The van der Waals surface area contributed by atoms with Gasteiger partial charge in [-0.1, -0.05) is 91.2 Å². The smallest absolute Gasteiger partial charge is 0.248 e. The molecule has 40 heavy (non-hydrogen) atoms. The molecule has 222 valence electrons. The molecule has 0 radical (unpaired) electrons. The molecule has 0 unspecified atom stereocenters. The highest BCUT2D eigenvalue weighted by Gasteiger charge is 2.33. The van der Waals surface area contributed by atoms with Crippen LogP contribution in [0.4, 0.5) is 0 Å². The van der Waals surface area contributed by atoms with E-state index in [2.05, 4.69) is 48.3 Å². The fourth-order valence-electron chi connectivity index (χ4n) is 7.01. The fourth-order valence-corrected chi connectivity index (χ4v) is 7.01. The third kappa shape index (κ3) is 9.17. The van der Waals surface area contributed by atoms with Crippen molar-refractivity contribution in [1.29, 1.82) is 0 Å². The van der Waals surface area contributed by atoms with Gasteiger partial charge >= 0.3 is 0 Å². The number of pyridine rings is 2. The van der Waals surface area contributed by atoms with Crippen LogP contribution in [0.15, 0.2) is 33.9 Å². The van der Waals surface area contributed by atoms with Gasteiger partial charge < -0.3 is 20.6 Å². The monoisotopic (exact) mass is 550 g/mol. The second kappa shape index (κ2) is 14.1. The van der Waals surface area contributed by atoms with Crippen molar-refractivity contribution in [2.75, 3.05) is 13.1 Å². The van der Waals surface area contributed by atoms with E-state index >= 15 is 0 Å². The van der Waals surface area contributed by atoms with Gasteiger partial charge in [0, 0.05) is 35.6 Å². The summed E-state index contributed by atoms with van der Waals surface area (Å²) in [7, 11) is 0. The van der Waals surface area contributed by atoms with Crippen molar-refractivity contribution < 1.29 is 0 Å². The van der Waals surface area contributed by atoms with Gasteiger partial charge in [-0.25, -0.2) is 0 Å². The van der Waals surface area contributed by atoms with Gasteiger partial charge in [-0.05, 0) is 73.6 Å². The summed E-state index contributed by atoms with van der Waals surface area (Å²) in [6.07, 6.45) is 17.2. The molecule has 4 rings (SSSR count). The number of hydrogen-bond acceptors (Lipinski definition) is 4. The summed E-state index contributed by atoms with van der Waals surface area (Å²) in [4.78, 5) is 29.7. The van der Waals surface area contributed by atoms with E-state index < -0.39 is 0 Å². The van der Waals surface area contributed by atoms with Crippen LogP contribution >= 0.6 is 0 Å². The minimum absolute atomic E-state index is 0.0120. The molecule has 2 aromatic heterocycles. The molecular weight excluding hydrogens is 496 g/mol. The van der Waals surface area contributed by atoms with Crippen LogP contribution in [0.2, 0.25) is 0 Å². The predicted octanol–water partition coefficient (Wildman–Crippen LogP) is 6.87. The Balaban J connectivity index is 1.00. The Hall–Kier alpha value is -2.18.